The van der Waals surface area contributed by atoms with Crippen LogP contribution in [0.15, 0.2) is 18.2 Å². The van der Waals surface area contributed by atoms with Crippen LogP contribution in [0.4, 0.5) is 4.79 Å². The zero-order valence-corrected chi connectivity index (χ0v) is 16.4. The van der Waals surface area contributed by atoms with Crippen molar-refractivity contribution in [2.45, 2.75) is 45.1 Å². The second-order valence-electron chi connectivity index (χ2n) is 7.48. The van der Waals surface area contributed by atoms with Gasteiger partial charge in [-0.25, -0.2) is 4.79 Å². The van der Waals surface area contributed by atoms with Crippen molar-refractivity contribution in [2.24, 2.45) is 5.92 Å². The maximum absolute atomic E-state index is 12.2. The van der Waals surface area contributed by atoms with Crippen molar-refractivity contribution in [3.05, 3.63) is 28.8 Å². The van der Waals surface area contributed by atoms with Crippen LogP contribution in [-0.2, 0) is 0 Å². The molecule has 5 nitrogen and oxygen atoms in total. The summed E-state index contributed by atoms with van der Waals surface area (Å²) in [5.74, 6) is 1.57. The molecule has 0 spiro atoms. The molecule has 2 N–H and O–H groups in total. The van der Waals surface area contributed by atoms with Crippen LogP contribution in [0.3, 0.4) is 0 Å². The van der Waals surface area contributed by atoms with Crippen LogP contribution < -0.4 is 15.4 Å². The van der Waals surface area contributed by atoms with E-state index < -0.39 is 0 Å². The van der Waals surface area contributed by atoms with E-state index in [4.69, 9.17) is 16.3 Å². The van der Waals surface area contributed by atoms with Gasteiger partial charge in [-0.3, -0.25) is 0 Å². The van der Waals surface area contributed by atoms with E-state index in [9.17, 15) is 4.79 Å². The number of amides is 2. The first-order valence-corrected chi connectivity index (χ1v) is 10.2. The first kappa shape index (κ1) is 19.3. The summed E-state index contributed by atoms with van der Waals surface area (Å²) < 4.78 is 5.64. The second-order valence-corrected chi connectivity index (χ2v) is 7.89. The molecule has 144 valence electrons. The Hall–Kier alpha value is -1.46. The quantitative estimate of drug-likeness (QED) is 0.735. The number of nitrogens with zero attached hydrogens (tertiary/aromatic N) is 1. The van der Waals surface area contributed by atoms with Gasteiger partial charge in [-0.05, 0) is 57.3 Å². The van der Waals surface area contributed by atoms with Crippen molar-refractivity contribution in [1.82, 2.24) is 15.5 Å². The lowest BCUT2D eigenvalue weighted by molar-refractivity contribution is 0.189. The van der Waals surface area contributed by atoms with Crippen LogP contribution in [0, 0.1) is 5.92 Å². The number of benzene rings is 1. The zero-order chi connectivity index (χ0) is 18.4. The topological polar surface area (TPSA) is 53.6 Å². The highest BCUT2D eigenvalue weighted by Crippen LogP contribution is 2.37. The molecule has 1 atom stereocenters. The Morgan fingerprint density at radius 3 is 2.88 bits per heavy atom. The molecule has 0 aliphatic carbocycles. The third-order valence-corrected chi connectivity index (χ3v) is 5.69. The molecule has 2 heterocycles. The summed E-state index contributed by atoms with van der Waals surface area (Å²) in [6.45, 7) is 7.20. The average molecular weight is 380 g/mol. The first-order valence-electron chi connectivity index (χ1n) is 9.81. The molecule has 6 heteroatoms. The Kier molecular flexibility index (Phi) is 7.03. The number of rotatable bonds is 6. The molecule has 2 aliphatic heterocycles. The number of ether oxygens (including phenoxy) is 1. The zero-order valence-electron chi connectivity index (χ0n) is 15.6. The van der Waals surface area contributed by atoms with Gasteiger partial charge in [0.25, 0.3) is 0 Å². The fourth-order valence-corrected chi connectivity index (χ4v) is 3.93. The Morgan fingerprint density at radius 1 is 1.27 bits per heavy atom. The lowest BCUT2D eigenvalue weighted by Gasteiger charge is -2.30. The highest BCUT2D eigenvalue weighted by Gasteiger charge is 2.24. The third-order valence-electron chi connectivity index (χ3n) is 5.39. The third kappa shape index (κ3) is 5.27. The van der Waals surface area contributed by atoms with E-state index in [1.807, 2.05) is 18.2 Å². The number of urea groups is 1. The SMILES string of the molecule is CC1CCN(CCCCNC(=O)NC2CCOc3c(Cl)cccc32)CC1. The van der Waals surface area contributed by atoms with Gasteiger partial charge in [0.1, 0.15) is 5.75 Å². The van der Waals surface area contributed by atoms with Gasteiger partial charge in [0, 0.05) is 18.5 Å². The number of nitrogens with one attached hydrogen (secondary N) is 2. The summed E-state index contributed by atoms with van der Waals surface area (Å²) in [4.78, 5) is 14.7. The standard InChI is InChI=1S/C20H30ClN3O2/c1-15-7-12-24(13-8-15)11-3-2-10-22-20(25)23-18-9-14-26-19-16(18)5-4-6-17(19)21/h4-6,15,18H,2-3,7-14H2,1H3,(H2,22,23,25). The predicted octanol–water partition coefficient (Wildman–Crippen LogP) is 3.97. The molecule has 26 heavy (non-hydrogen) atoms. The lowest BCUT2D eigenvalue weighted by Crippen LogP contribution is -2.40. The van der Waals surface area contributed by atoms with Crippen LogP contribution in [-0.4, -0.2) is 43.7 Å². The normalized spacial score (nSPS) is 20.9. The van der Waals surface area contributed by atoms with Crippen LogP contribution in [0.2, 0.25) is 5.02 Å². The number of hydrogen-bond donors (Lipinski definition) is 2. The van der Waals surface area contributed by atoms with Gasteiger partial charge in [0.15, 0.2) is 0 Å². The second kappa shape index (κ2) is 9.47. The smallest absolute Gasteiger partial charge is 0.315 e. The van der Waals surface area contributed by atoms with Crippen LogP contribution in [0.1, 0.15) is 50.6 Å². The van der Waals surface area contributed by atoms with Gasteiger partial charge in [-0.2, -0.15) is 0 Å². The van der Waals surface area contributed by atoms with Crippen LogP contribution in [0.25, 0.3) is 0 Å². The molecular weight excluding hydrogens is 350 g/mol. The van der Waals surface area contributed by atoms with Gasteiger partial charge < -0.3 is 20.3 Å². The van der Waals surface area contributed by atoms with Crippen molar-refractivity contribution in [3.63, 3.8) is 0 Å². The van der Waals surface area contributed by atoms with E-state index >= 15 is 0 Å². The number of carbonyl (C=O) groups is 1. The van der Waals surface area contributed by atoms with Crippen molar-refractivity contribution < 1.29 is 9.53 Å². The van der Waals surface area contributed by atoms with E-state index in [-0.39, 0.29) is 12.1 Å². The monoisotopic (exact) mass is 379 g/mol. The highest BCUT2D eigenvalue weighted by molar-refractivity contribution is 6.32. The van der Waals surface area contributed by atoms with E-state index in [1.165, 1.54) is 25.9 Å². The number of likely N-dealkylation sites (tertiary alicyclic amines) is 1. The molecule has 3 rings (SSSR count). The minimum Gasteiger partial charge on any atom is -0.492 e. The summed E-state index contributed by atoms with van der Waals surface area (Å²) in [6.07, 6.45) is 5.53. The molecule has 0 radical (unpaired) electrons. The molecule has 0 aromatic heterocycles. The molecular formula is C20H30ClN3O2. The molecule has 0 saturated carbocycles. The van der Waals surface area contributed by atoms with E-state index in [0.29, 0.717) is 23.9 Å². The van der Waals surface area contributed by atoms with Crippen molar-refractivity contribution in [2.75, 3.05) is 32.8 Å². The van der Waals surface area contributed by atoms with Gasteiger partial charge in [-0.1, -0.05) is 30.7 Å². The average Bonchev–Trinajstić information content (AvgIpc) is 2.64. The molecule has 1 saturated heterocycles. The molecule has 1 fully saturated rings. The minimum atomic E-state index is -0.116. The maximum atomic E-state index is 12.2. The number of halogens is 1. The van der Waals surface area contributed by atoms with Gasteiger partial charge >= 0.3 is 6.03 Å². The molecule has 1 unspecified atom stereocenters. The van der Waals surface area contributed by atoms with E-state index in [0.717, 1.165) is 37.3 Å². The fraction of sp³-hybridized carbons (Fsp3) is 0.650. The molecule has 2 amide bonds. The Morgan fingerprint density at radius 2 is 2.08 bits per heavy atom. The highest BCUT2D eigenvalue weighted by atomic mass is 35.5. The maximum Gasteiger partial charge on any atom is 0.315 e. The van der Waals surface area contributed by atoms with Gasteiger partial charge in [-0.15, -0.1) is 0 Å². The van der Waals surface area contributed by atoms with Crippen LogP contribution >= 0.6 is 11.6 Å². The molecule has 0 bridgehead atoms. The van der Waals surface area contributed by atoms with Crippen molar-refractivity contribution in [3.8, 4) is 5.75 Å². The van der Waals surface area contributed by atoms with E-state index in [2.05, 4.69) is 22.5 Å². The number of unbranched alkanes of at least 4 members (excludes halogenated alkanes) is 1. The van der Waals surface area contributed by atoms with Gasteiger partial charge in [0.05, 0.1) is 17.7 Å². The number of piperidine rings is 1. The van der Waals surface area contributed by atoms with Crippen molar-refractivity contribution >= 4 is 17.6 Å². The van der Waals surface area contributed by atoms with E-state index in [1.54, 1.807) is 0 Å². The van der Waals surface area contributed by atoms with Crippen LogP contribution in [0.5, 0.6) is 5.75 Å². The summed E-state index contributed by atoms with van der Waals surface area (Å²) >= 11 is 6.18. The Labute approximate surface area is 161 Å². The Bertz CT molecular complexity index is 603. The summed E-state index contributed by atoms with van der Waals surface area (Å²) in [7, 11) is 0. The molecule has 1 aromatic rings. The summed E-state index contributed by atoms with van der Waals surface area (Å²) in [5, 5.41) is 6.62. The largest absolute Gasteiger partial charge is 0.492 e. The molecule has 1 aromatic carbocycles. The summed E-state index contributed by atoms with van der Waals surface area (Å²) in [6, 6.07) is 5.50. The summed E-state index contributed by atoms with van der Waals surface area (Å²) in [5.41, 5.74) is 0.957. The van der Waals surface area contributed by atoms with Crippen molar-refractivity contribution in [1.29, 1.82) is 0 Å². The Balaban J connectivity index is 1.34. The minimum absolute atomic E-state index is 0.0483. The number of hydrogen-bond acceptors (Lipinski definition) is 3. The molecule has 2 aliphatic rings. The fourth-order valence-electron chi connectivity index (χ4n) is 3.69. The first-order chi connectivity index (χ1) is 12.6. The predicted molar refractivity (Wildman–Crippen MR) is 105 cm³/mol. The number of para-hydroxylation sites is 1. The number of fused-ring (bicyclic) bond motifs is 1. The number of carbonyl (C=O) groups excluding carboxylic acids is 1. The lowest BCUT2D eigenvalue weighted by atomic mass is 9.99. The van der Waals surface area contributed by atoms with Gasteiger partial charge in [0.2, 0.25) is 0 Å².